The Morgan fingerprint density at radius 3 is 2.92 bits per heavy atom. The van der Waals surface area contributed by atoms with Crippen molar-refractivity contribution in [2.75, 3.05) is 0 Å². The van der Waals surface area contributed by atoms with Crippen LogP contribution in [-0.4, -0.2) is 5.11 Å². The summed E-state index contributed by atoms with van der Waals surface area (Å²) in [5.41, 5.74) is 1.29. The smallest absolute Gasteiger partial charge is 0.0774 e. The molecule has 2 heteroatoms. The van der Waals surface area contributed by atoms with E-state index in [0.29, 0.717) is 0 Å². The second-order valence-electron chi connectivity index (χ2n) is 2.86. The molecule has 0 saturated carbocycles. The zero-order valence-corrected chi connectivity index (χ0v) is 7.69. The van der Waals surface area contributed by atoms with Gasteiger partial charge < -0.3 is 5.11 Å². The molecule has 0 aliphatic rings. The third-order valence-corrected chi connectivity index (χ3v) is 3.22. The maximum Gasteiger partial charge on any atom is 0.0774 e. The highest BCUT2D eigenvalue weighted by Crippen LogP contribution is 2.28. The molecule has 0 radical (unpaired) electrons. The predicted octanol–water partition coefficient (Wildman–Crippen LogP) is 2.70. The average Bonchev–Trinajstić information content (AvgIpc) is 2.49. The Balaban J connectivity index is 2.74. The number of hydrogen-bond donors (Lipinski definition) is 1. The SMILES string of the molecule is Cc1cccc2cc(CO)sc12. The first-order valence-corrected chi connectivity index (χ1v) is 4.72. The molecule has 0 spiro atoms. The molecule has 0 bridgehead atoms. The quantitative estimate of drug-likeness (QED) is 0.711. The number of hydrogen-bond acceptors (Lipinski definition) is 2. The Kier molecular flexibility index (Phi) is 1.87. The molecule has 0 fully saturated rings. The summed E-state index contributed by atoms with van der Waals surface area (Å²) in [5.74, 6) is 0. The molecule has 0 atom stereocenters. The number of aryl methyl sites for hydroxylation is 1. The van der Waals surface area contributed by atoms with Gasteiger partial charge in [0.25, 0.3) is 0 Å². The van der Waals surface area contributed by atoms with Gasteiger partial charge in [-0.3, -0.25) is 0 Å². The van der Waals surface area contributed by atoms with E-state index in [4.69, 9.17) is 5.11 Å². The van der Waals surface area contributed by atoms with E-state index in [1.807, 2.05) is 12.1 Å². The lowest BCUT2D eigenvalue weighted by Gasteiger charge is -1.91. The molecule has 1 nitrogen and oxygen atoms in total. The molecule has 1 aromatic heterocycles. The van der Waals surface area contributed by atoms with Crippen molar-refractivity contribution in [2.24, 2.45) is 0 Å². The fourth-order valence-electron chi connectivity index (χ4n) is 1.34. The summed E-state index contributed by atoms with van der Waals surface area (Å²) in [7, 11) is 0. The third-order valence-electron chi connectivity index (χ3n) is 1.95. The summed E-state index contributed by atoms with van der Waals surface area (Å²) in [4.78, 5) is 1.04. The van der Waals surface area contributed by atoms with Gasteiger partial charge in [-0.25, -0.2) is 0 Å². The molecule has 0 aliphatic heterocycles. The van der Waals surface area contributed by atoms with Crippen molar-refractivity contribution in [3.05, 3.63) is 34.7 Å². The zero-order chi connectivity index (χ0) is 8.55. The maximum atomic E-state index is 8.94. The number of fused-ring (bicyclic) bond motifs is 1. The van der Waals surface area contributed by atoms with Crippen LogP contribution in [0, 0.1) is 6.92 Å². The summed E-state index contributed by atoms with van der Waals surface area (Å²) in [6.07, 6.45) is 0. The minimum absolute atomic E-state index is 0.152. The topological polar surface area (TPSA) is 20.2 Å². The third kappa shape index (κ3) is 1.13. The minimum atomic E-state index is 0.152. The maximum absolute atomic E-state index is 8.94. The van der Waals surface area contributed by atoms with Gasteiger partial charge in [0.15, 0.2) is 0 Å². The van der Waals surface area contributed by atoms with Crippen LogP contribution in [-0.2, 0) is 6.61 Å². The van der Waals surface area contributed by atoms with Crippen molar-refractivity contribution in [1.82, 2.24) is 0 Å². The fraction of sp³-hybridized carbons (Fsp3) is 0.200. The van der Waals surface area contributed by atoms with Gasteiger partial charge in [0.1, 0.15) is 0 Å². The van der Waals surface area contributed by atoms with Gasteiger partial charge in [-0.05, 0) is 23.9 Å². The van der Waals surface area contributed by atoms with Gasteiger partial charge in [0.05, 0.1) is 6.61 Å². The molecular formula is C10H10OS. The molecule has 12 heavy (non-hydrogen) atoms. The van der Waals surface area contributed by atoms with Gasteiger partial charge in [0.2, 0.25) is 0 Å². The minimum Gasteiger partial charge on any atom is -0.391 e. The molecule has 0 unspecified atom stereocenters. The second-order valence-corrected chi connectivity index (χ2v) is 4.00. The predicted molar refractivity (Wildman–Crippen MR) is 52.5 cm³/mol. The molecule has 2 aromatic rings. The number of thiophene rings is 1. The number of aliphatic hydroxyl groups excluding tert-OH is 1. The van der Waals surface area contributed by atoms with E-state index in [9.17, 15) is 0 Å². The van der Waals surface area contributed by atoms with Crippen molar-refractivity contribution in [3.8, 4) is 0 Å². The molecule has 62 valence electrons. The van der Waals surface area contributed by atoms with Crippen LogP contribution in [0.5, 0.6) is 0 Å². The Labute approximate surface area is 75.3 Å². The first-order valence-electron chi connectivity index (χ1n) is 3.90. The van der Waals surface area contributed by atoms with E-state index in [1.165, 1.54) is 15.6 Å². The molecule has 1 heterocycles. The van der Waals surface area contributed by atoms with Crippen LogP contribution >= 0.6 is 11.3 Å². The first kappa shape index (κ1) is 7.77. The van der Waals surface area contributed by atoms with Gasteiger partial charge in [-0.2, -0.15) is 0 Å². The molecule has 1 aromatic carbocycles. The van der Waals surface area contributed by atoms with Crippen LogP contribution in [0.25, 0.3) is 10.1 Å². The fourth-order valence-corrected chi connectivity index (χ4v) is 2.33. The second kappa shape index (κ2) is 2.88. The van der Waals surface area contributed by atoms with Crippen molar-refractivity contribution >= 4 is 21.4 Å². The van der Waals surface area contributed by atoms with Crippen LogP contribution < -0.4 is 0 Å². The number of aliphatic hydroxyl groups is 1. The standard InChI is InChI=1S/C10H10OS/c1-7-3-2-4-8-5-9(6-11)12-10(7)8/h2-5,11H,6H2,1H3. The lowest BCUT2D eigenvalue weighted by atomic mass is 10.2. The monoisotopic (exact) mass is 178 g/mol. The van der Waals surface area contributed by atoms with Crippen LogP contribution in [0.2, 0.25) is 0 Å². The van der Waals surface area contributed by atoms with Crippen molar-refractivity contribution < 1.29 is 5.11 Å². The highest BCUT2D eigenvalue weighted by atomic mass is 32.1. The summed E-state index contributed by atoms with van der Waals surface area (Å²) in [5, 5.41) is 10.2. The summed E-state index contributed by atoms with van der Waals surface area (Å²) in [6.45, 7) is 2.25. The molecular weight excluding hydrogens is 168 g/mol. The first-order chi connectivity index (χ1) is 5.81. The van der Waals surface area contributed by atoms with E-state index in [2.05, 4.69) is 19.1 Å². The lowest BCUT2D eigenvalue weighted by Crippen LogP contribution is -1.70. The Morgan fingerprint density at radius 1 is 1.42 bits per heavy atom. The highest BCUT2D eigenvalue weighted by molar-refractivity contribution is 7.19. The van der Waals surface area contributed by atoms with Gasteiger partial charge in [-0.15, -0.1) is 11.3 Å². The van der Waals surface area contributed by atoms with Crippen LogP contribution in [0.1, 0.15) is 10.4 Å². The van der Waals surface area contributed by atoms with Gasteiger partial charge in [0, 0.05) is 9.58 Å². The molecule has 1 N–H and O–H groups in total. The van der Waals surface area contributed by atoms with Crippen molar-refractivity contribution in [2.45, 2.75) is 13.5 Å². The summed E-state index contributed by atoms with van der Waals surface area (Å²) in [6, 6.07) is 8.27. The van der Waals surface area contributed by atoms with E-state index in [-0.39, 0.29) is 6.61 Å². The zero-order valence-electron chi connectivity index (χ0n) is 6.87. The molecule has 0 amide bonds. The largest absolute Gasteiger partial charge is 0.391 e. The van der Waals surface area contributed by atoms with Gasteiger partial charge >= 0.3 is 0 Å². The Morgan fingerprint density at radius 2 is 2.25 bits per heavy atom. The Hall–Kier alpha value is -0.860. The normalized spacial score (nSPS) is 10.8. The number of rotatable bonds is 1. The van der Waals surface area contributed by atoms with Crippen molar-refractivity contribution in [3.63, 3.8) is 0 Å². The summed E-state index contributed by atoms with van der Waals surface area (Å²) >= 11 is 1.67. The summed E-state index contributed by atoms with van der Waals surface area (Å²) < 4.78 is 1.29. The van der Waals surface area contributed by atoms with Crippen molar-refractivity contribution in [1.29, 1.82) is 0 Å². The van der Waals surface area contributed by atoms with Gasteiger partial charge in [-0.1, -0.05) is 18.2 Å². The molecule has 0 aliphatic carbocycles. The Bertz CT molecular complexity index is 403. The van der Waals surface area contributed by atoms with Crippen LogP contribution in [0.15, 0.2) is 24.3 Å². The molecule has 2 rings (SSSR count). The van der Waals surface area contributed by atoms with Crippen LogP contribution in [0.3, 0.4) is 0 Å². The molecule has 0 saturated heterocycles. The van der Waals surface area contributed by atoms with E-state index >= 15 is 0 Å². The average molecular weight is 178 g/mol. The lowest BCUT2D eigenvalue weighted by molar-refractivity contribution is 0.285. The highest BCUT2D eigenvalue weighted by Gasteiger charge is 2.01. The van der Waals surface area contributed by atoms with E-state index in [0.717, 1.165) is 4.88 Å². The number of benzene rings is 1. The van der Waals surface area contributed by atoms with Crippen LogP contribution in [0.4, 0.5) is 0 Å². The van der Waals surface area contributed by atoms with E-state index in [1.54, 1.807) is 11.3 Å². The van der Waals surface area contributed by atoms with E-state index < -0.39 is 0 Å².